The second-order valence-corrected chi connectivity index (χ2v) is 7.15. The van der Waals surface area contributed by atoms with E-state index in [1.54, 1.807) is 7.11 Å². The number of terminal acetylenes is 1. The number of methoxy groups -OCH3 is 1. The van der Waals surface area contributed by atoms with E-state index >= 15 is 0 Å². The second kappa shape index (κ2) is 7.21. The Morgan fingerprint density at radius 2 is 1.96 bits per heavy atom. The summed E-state index contributed by atoms with van der Waals surface area (Å²) in [6, 6.07) is 16.7. The normalized spacial score (nSPS) is 18.1. The summed E-state index contributed by atoms with van der Waals surface area (Å²) in [7, 11) is 1.68. The predicted molar refractivity (Wildman–Crippen MR) is 101 cm³/mol. The van der Waals surface area contributed by atoms with Crippen LogP contribution in [0.4, 0.5) is 0 Å². The molecule has 3 rings (SSSR count). The summed E-state index contributed by atoms with van der Waals surface area (Å²) in [5.74, 6) is 4.45. The molecule has 0 aromatic heterocycles. The van der Waals surface area contributed by atoms with Gasteiger partial charge in [0.25, 0.3) is 0 Å². The van der Waals surface area contributed by atoms with Crippen molar-refractivity contribution in [2.75, 3.05) is 20.3 Å². The maximum Gasteiger partial charge on any atom is 0.165 e. The van der Waals surface area contributed by atoms with E-state index in [0.29, 0.717) is 13.2 Å². The molecule has 0 bridgehead atoms. The van der Waals surface area contributed by atoms with Crippen molar-refractivity contribution in [2.45, 2.75) is 26.4 Å². The van der Waals surface area contributed by atoms with Gasteiger partial charge in [0.15, 0.2) is 11.5 Å². The summed E-state index contributed by atoms with van der Waals surface area (Å²) in [5, 5.41) is 0. The molecule has 130 valence electrons. The topological polar surface area (TPSA) is 21.7 Å². The standard InChI is InChI=1S/C22H25NO2/c1-5-14-23(15-17-10-7-6-8-11-17)21-18-12-9-13-19(24-4)20(18)25-16-22(21,2)3/h1,6-13,21H,14-16H2,2-4H3. The average molecular weight is 335 g/mol. The van der Waals surface area contributed by atoms with Crippen LogP contribution in [0.2, 0.25) is 0 Å². The predicted octanol–water partition coefficient (Wildman–Crippen LogP) is 4.29. The highest BCUT2D eigenvalue weighted by Gasteiger charge is 2.41. The summed E-state index contributed by atoms with van der Waals surface area (Å²) in [4.78, 5) is 2.36. The van der Waals surface area contributed by atoms with Gasteiger partial charge in [-0.05, 0) is 11.6 Å². The number of benzene rings is 2. The minimum atomic E-state index is -0.0645. The van der Waals surface area contributed by atoms with Gasteiger partial charge in [-0.1, -0.05) is 62.2 Å². The number of ether oxygens (including phenoxy) is 2. The quantitative estimate of drug-likeness (QED) is 0.761. The van der Waals surface area contributed by atoms with E-state index in [4.69, 9.17) is 15.9 Å². The van der Waals surface area contributed by atoms with Crippen LogP contribution in [-0.4, -0.2) is 25.2 Å². The molecule has 1 aliphatic rings. The summed E-state index contributed by atoms with van der Waals surface area (Å²) >= 11 is 0. The molecule has 1 atom stereocenters. The van der Waals surface area contributed by atoms with Crippen LogP contribution in [0.1, 0.15) is 31.0 Å². The van der Waals surface area contributed by atoms with Crippen LogP contribution >= 0.6 is 0 Å². The van der Waals surface area contributed by atoms with E-state index in [1.807, 2.05) is 18.2 Å². The molecule has 25 heavy (non-hydrogen) atoms. The molecule has 0 saturated carbocycles. The summed E-state index contributed by atoms with van der Waals surface area (Å²) in [6.07, 6.45) is 5.71. The van der Waals surface area contributed by atoms with Crippen LogP contribution < -0.4 is 9.47 Å². The third-order valence-corrected chi connectivity index (χ3v) is 4.74. The number of rotatable bonds is 5. The van der Waals surface area contributed by atoms with Gasteiger partial charge < -0.3 is 9.47 Å². The first kappa shape index (κ1) is 17.4. The lowest BCUT2D eigenvalue weighted by Crippen LogP contribution is -2.44. The molecule has 0 amide bonds. The van der Waals surface area contributed by atoms with Crippen molar-refractivity contribution in [1.29, 1.82) is 0 Å². The Hall–Kier alpha value is -2.44. The summed E-state index contributed by atoms with van der Waals surface area (Å²) in [5.41, 5.74) is 2.33. The smallest absolute Gasteiger partial charge is 0.165 e. The first-order valence-corrected chi connectivity index (χ1v) is 8.58. The number of para-hydroxylation sites is 1. The largest absolute Gasteiger partial charge is 0.493 e. The van der Waals surface area contributed by atoms with Crippen molar-refractivity contribution >= 4 is 0 Å². The molecule has 3 heteroatoms. The molecule has 1 heterocycles. The van der Waals surface area contributed by atoms with E-state index in [9.17, 15) is 0 Å². The maximum absolute atomic E-state index is 6.07. The zero-order valence-electron chi connectivity index (χ0n) is 15.2. The fraction of sp³-hybridized carbons (Fsp3) is 0.364. The monoisotopic (exact) mass is 335 g/mol. The third-order valence-electron chi connectivity index (χ3n) is 4.74. The van der Waals surface area contributed by atoms with Gasteiger partial charge in [0, 0.05) is 23.6 Å². The Morgan fingerprint density at radius 1 is 1.20 bits per heavy atom. The van der Waals surface area contributed by atoms with Crippen LogP contribution in [0.3, 0.4) is 0 Å². The lowest BCUT2D eigenvalue weighted by molar-refractivity contribution is 0.0255. The highest BCUT2D eigenvalue weighted by atomic mass is 16.5. The first-order valence-electron chi connectivity index (χ1n) is 8.58. The number of hydrogen-bond acceptors (Lipinski definition) is 3. The molecule has 2 aromatic rings. The minimum absolute atomic E-state index is 0.0645. The molecule has 0 saturated heterocycles. The Morgan fingerprint density at radius 3 is 2.64 bits per heavy atom. The highest BCUT2D eigenvalue weighted by Crippen LogP contribution is 2.49. The van der Waals surface area contributed by atoms with Crippen molar-refractivity contribution in [2.24, 2.45) is 5.41 Å². The molecule has 3 nitrogen and oxygen atoms in total. The van der Waals surface area contributed by atoms with Crippen LogP contribution in [0.25, 0.3) is 0 Å². The molecule has 0 aliphatic carbocycles. The Kier molecular flexibility index (Phi) is 5.01. The van der Waals surface area contributed by atoms with Gasteiger partial charge in [-0.3, -0.25) is 4.90 Å². The molecular weight excluding hydrogens is 310 g/mol. The molecule has 0 N–H and O–H groups in total. The van der Waals surface area contributed by atoms with E-state index in [-0.39, 0.29) is 11.5 Å². The van der Waals surface area contributed by atoms with Gasteiger partial charge in [-0.2, -0.15) is 0 Å². The van der Waals surface area contributed by atoms with Crippen LogP contribution in [-0.2, 0) is 6.54 Å². The number of nitrogens with zero attached hydrogens (tertiary/aromatic N) is 1. The second-order valence-electron chi connectivity index (χ2n) is 7.15. The first-order chi connectivity index (χ1) is 12.1. The van der Waals surface area contributed by atoms with Crippen molar-refractivity contribution in [3.05, 3.63) is 59.7 Å². The van der Waals surface area contributed by atoms with Gasteiger partial charge in [0.1, 0.15) is 0 Å². The average Bonchev–Trinajstić information content (AvgIpc) is 2.61. The SMILES string of the molecule is C#CCN(Cc1ccccc1)C1c2cccc(OC)c2OCC1(C)C. The van der Waals surface area contributed by atoms with Crippen molar-refractivity contribution in [1.82, 2.24) is 4.90 Å². The third kappa shape index (κ3) is 3.50. The molecule has 2 aromatic carbocycles. The Balaban J connectivity index is 2.03. The zero-order valence-corrected chi connectivity index (χ0v) is 15.2. The Bertz CT molecular complexity index is 761. The number of fused-ring (bicyclic) bond motifs is 1. The van der Waals surface area contributed by atoms with E-state index in [1.165, 1.54) is 5.56 Å². The molecular formula is C22H25NO2. The van der Waals surface area contributed by atoms with Crippen molar-refractivity contribution in [3.8, 4) is 23.8 Å². The zero-order chi connectivity index (χ0) is 17.9. The van der Waals surface area contributed by atoms with Crippen LogP contribution in [0, 0.1) is 17.8 Å². The van der Waals surface area contributed by atoms with Crippen molar-refractivity contribution < 1.29 is 9.47 Å². The summed E-state index contributed by atoms with van der Waals surface area (Å²) in [6.45, 7) is 6.47. The van der Waals surface area contributed by atoms with Crippen molar-refractivity contribution in [3.63, 3.8) is 0 Å². The van der Waals surface area contributed by atoms with Gasteiger partial charge in [-0.25, -0.2) is 0 Å². The van der Waals surface area contributed by atoms with Gasteiger partial charge in [0.05, 0.1) is 20.3 Å². The van der Waals surface area contributed by atoms with Crippen LogP contribution in [0.5, 0.6) is 11.5 Å². The number of hydrogen-bond donors (Lipinski definition) is 0. The molecule has 0 spiro atoms. The highest BCUT2D eigenvalue weighted by molar-refractivity contribution is 5.50. The Labute approximate surface area is 150 Å². The summed E-state index contributed by atoms with van der Waals surface area (Å²) < 4.78 is 11.6. The maximum atomic E-state index is 6.07. The molecule has 0 fully saturated rings. The molecule has 1 unspecified atom stereocenters. The van der Waals surface area contributed by atoms with Gasteiger partial charge in [-0.15, -0.1) is 6.42 Å². The van der Waals surface area contributed by atoms with Gasteiger partial charge >= 0.3 is 0 Å². The van der Waals surface area contributed by atoms with Crippen LogP contribution in [0.15, 0.2) is 48.5 Å². The lowest BCUT2D eigenvalue weighted by Gasteiger charge is -2.45. The molecule has 1 aliphatic heterocycles. The van der Waals surface area contributed by atoms with E-state index < -0.39 is 0 Å². The minimum Gasteiger partial charge on any atom is -0.493 e. The lowest BCUT2D eigenvalue weighted by atomic mass is 9.77. The van der Waals surface area contributed by atoms with E-state index in [2.05, 4.69) is 55.0 Å². The fourth-order valence-electron chi connectivity index (χ4n) is 3.69. The molecule has 0 radical (unpaired) electrons. The fourth-order valence-corrected chi connectivity index (χ4v) is 3.69. The van der Waals surface area contributed by atoms with E-state index in [0.717, 1.165) is 23.6 Å². The van der Waals surface area contributed by atoms with Gasteiger partial charge in [0.2, 0.25) is 0 Å².